The van der Waals surface area contributed by atoms with E-state index in [1.807, 2.05) is 0 Å². The summed E-state index contributed by atoms with van der Waals surface area (Å²) in [4.78, 5) is 21.2. The van der Waals surface area contributed by atoms with E-state index in [-0.39, 0.29) is 17.8 Å². The summed E-state index contributed by atoms with van der Waals surface area (Å²) in [6.45, 7) is 1.29. The molecule has 4 atom stereocenters. The maximum atomic E-state index is 11.3. The van der Waals surface area contributed by atoms with Crippen LogP contribution in [0.4, 0.5) is 0 Å². The highest BCUT2D eigenvalue weighted by Crippen LogP contribution is 2.26. The fourth-order valence-corrected chi connectivity index (χ4v) is 1.64. The Kier molecular flexibility index (Phi) is 11.1. The Morgan fingerprint density at radius 2 is 1.81 bits per heavy atom. The topological polar surface area (TPSA) is 174 Å². The minimum Gasteiger partial charge on any atom is -0.504 e. The van der Waals surface area contributed by atoms with Crippen LogP contribution >= 0.6 is 0 Å². The van der Waals surface area contributed by atoms with Gasteiger partial charge >= 0.3 is 5.97 Å². The van der Waals surface area contributed by atoms with Crippen molar-refractivity contribution in [2.45, 2.75) is 31.3 Å². The Bertz CT molecular complexity index is 562. The van der Waals surface area contributed by atoms with Crippen LogP contribution < -0.4 is 4.74 Å². The third-order valence-electron chi connectivity index (χ3n) is 3.11. The highest BCUT2D eigenvalue weighted by atomic mass is 16.5. The van der Waals surface area contributed by atoms with Crippen molar-refractivity contribution in [2.75, 3.05) is 20.3 Å². The normalized spacial score (nSPS) is 14.9. The van der Waals surface area contributed by atoms with Crippen LogP contribution in [0.1, 0.15) is 17.3 Å². The Morgan fingerprint density at radius 1 is 1.19 bits per heavy atom. The number of phenols is 1. The van der Waals surface area contributed by atoms with Crippen LogP contribution in [0.15, 0.2) is 18.2 Å². The summed E-state index contributed by atoms with van der Waals surface area (Å²) in [7, 11) is 1.42. The smallest absolute Gasteiger partial charge is 0.338 e. The molecule has 0 saturated carbocycles. The summed E-state index contributed by atoms with van der Waals surface area (Å²) < 4.78 is 9.65. The predicted molar refractivity (Wildman–Crippen MR) is 87.8 cm³/mol. The lowest BCUT2D eigenvalue weighted by Crippen LogP contribution is -2.46. The fraction of sp³-hybridized carbons (Fsp3) is 0.500. The zero-order chi connectivity index (χ0) is 20.3. The molecule has 10 nitrogen and oxygen atoms in total. The predicted octanol–water partition coefficient (Wildman–Crippen LogP) is -1.80. The lowest BCUT2D eigenvalue weighted by atomic mass is 10.0. The number of hydrogen-bond donors (Lipinski definition) is 6. The van der Waals surface area contributed by atoms with E-state index in [9.17, 15) is 14.7 Å². The van der Waals surface area contributed by atoms with Crippen molar-refractivity contribution in [1.82, 2.24) is 0 Å². The second-order valence-electron chi connectivity index (χ2n) is 4.96. The fourth-order valence-electron chi connectivity index (χ4n) is 1.64. The second kappa shape index (κ2) is 12.2. The summed E-state index contributed by atoms with van der Waals surface area (Å²) in [6, 6.07) is 4.31. The van der Waals surface area contributed by atoms with Gasteiger partial charge in [-0.2, -0.15) is 0 Å². The van der Waals surface area contributed by atoms with Crippen molar-refractivity contribution in [3.63, 3.8) is 0 Å². The molecule has 0 aromatic heterocycles. The van der Waals surface area contributed by atoms with Gasteiger partial charge in [0.05, 0.1) is 25.9 Å². The van der Waals surface area contributed by atoms with Gasteiger partial charge in [0.25, 0.3) is 0 Å². The van der Waals surface area contributed by atoms with Gasteiger partial charge in [0.15, 0.2) is 17.8 Å². The maximum Gasteiger partial charge on any atom is 0.338 e. The number of ether oxygens (including phenoxy) is 2. The lowest BCUT2D eigenvalue weighted by molar-refractivity contribution is -0.136. The molecule has 148 valence electrons. The van der Waals surface area contributed by atoms with E-state index in [0.717, 1.165) is 0 Å². The average Bonchev–Trinajstić information content (AvgIpc) is 2.66. The number of phenolic OH excluding ortho intramolecular Hbond substituents is 1. The molecular formula is C16H24O10. The number of esters is 1. The Morgan fingerprint density at radius 3 is 2.27 bits per heavy atom. The molecule has 6 N–H and O–H groups in total. The average molecular weight is 376 g/mol. The van der Waals surface area contributed by atoms with Gasteiger partial charge in [-0.3, -0.25) is 0 Å². The van der Waals surface area contributed by atoms with Crippen LogP contribution in [-0.2, 0) is 9.53 Å². The van der Waals surface area contributed by atoms with Crippen LogP contribution in [-0.4, -0.2) is 87.6 Å². The number of aliphatic hydroxyl groups is 5. The number of hydrogen-bond acceptors (Lipinski definition) is 10. The molecule has 1 aromatic rings. The molecule has 0 aliphatic carbocycles. The lowest BCUT2D eigenvalue weighted by Gasteiger charge is -2.22. The number of carbonyl (C=O) groups is 2. The molecule has 0 aliphatic heterocycles. The minimum atomic E-state index is -1.79. The van der Waals surface area contributed by atoms with Gasteiger partial charge in [-0.1, -0.05) is 0 Å². The molecule has 0 heterocycles. The Labute approximate surface area is 149 Å². The van der Waals surface area contributed by atoms with Crippen molar-refractivity contribution in [2.24, 2.45) is 0 Å². The minimum absolute atomic E-state index is 0.000508. The quantitative estimate of drug-likeness (QED) is 0.224. The van der Waals surface area contributed by atoms with E-state index < -0.39 is 37.0 Å². The molecule has 0 bridgehead atoms. The molecule has 0 unspecified atom stereocenters. The number of aromatic hydroxyl groups is 1. The first-order chi connectivity index (χ1) is 12.2. The number of aldehydes is 1. The van der Waals surface area contributed by atoms with E-state index in [1.54, 1.807) is 6.92 Å². The number of carbonyl (C=O) groups excluding carboxylic acids is 2. The van der Waals surface area contributed by atoms with Gasteiger partial charge in [0.2, 0.25) is 0 Å². The van der Waals surface area contributed by atoms with Crippen LogP contribution in [0, 0.1) is 0 Å². The summed E-state index contributed by atoms with van der Waals surface area (Å²) in [5, 5.41) is 52.8. The van der Waals surface area contributed by atoms with Gasteiger partial charge in [-0.25, -0.2) is 4.79 Å². The Balaban J connectivity index is 0.000000488. The maximum absolute atomic E-state index is 11.3. The molecule has 1 rings (SSSR count). The van der Waals surface area contributed by atoms with Crippen molar-refractivity contribution in [3.05, 3.63) is 23.8 Å². The van der Waals surface area contributed by atoms with Crippen LogP contribution in [0.25, 0.3) is 0 Å². The first-order valence-corrected chi connectivity index (χ1v) is 7.55. The monoisotopic (exact) mass is 376 g/mol. The van der Waals surface area contributed by atoms with Crippen LogP contribution in [0.2, 0.25) is 0 Å². The summed E-state index contributed by atoms with van der Waals surface area (Å²) in [6.07, 6.45) is -6.84. The molecule has 0 aliphatic rings. The second-order valence-corrected chi connectivity index (χ2v) is 4.96. The van der Waals surface area contributed by atoms with Gasteiger partial charge in [-0.15, -0.1) is 0 Å². The van der Waals surface area contributed by atoms with Crippen molar-refractivity contribution < 1.29 is 49.7 Å². The van der Waals surface area contributed by atoms with Gasteiger partial charge < -0.3 is 44.9 Å². The largest absolute Gasteiger partial charge is 0.504 e. The molecule has 0 radical (unpaired) electrons. The highest BCUT2D eigenvalue weighted by Gasteiger charge is 2.29. The van der Waals surface area contributed by atoms with E-state index in [2.05, 4.69) is 0 Å². The van der Waals surface area contributed by atoms with Crippen LogP contribution in [0.3, 0.4) is 0 Å². The molecule has 0 fully saturated rings. The van der Waals surface area contributed by atoms with Gasteiger partial charge in [0.1, 0.15) is 24.4 Å². The highest BCUT2D eigenvalue weighted by molar-refractivity contribution is 5.90. The van der Waals surface area contributed by atoms with Crippen molar-refractivity contribution >= 4 is 12.3 Å². The molecule has 26 heavy (non-hydrogen) atoms. The molecule has 0 spiro atoms. The van der Waals surface area contributed by atoms with E-state index in [1.165, 1.54) is 25.3 Å². The first-order valence-electron chi connectivity index (χ1n) is 7.55. The number of methoxy groups -OCH3 is 1. The van der Waals surface area contributed by atoms with E-state index in [0.29, 0.717) is 12.2 Å². The molecule has 10 heteroatoms. The van der Waals surface area contributed by atoms with Crippen molar-refractivity contribution in [1.29, 1.82) is 0 Å². The summed E-state index contributed by atoms with van der Waals surface area (Å²) in [5.74, 6) is -0.165. The molecule has 1 aromatic carbocycles. The van der Waals surface area contributed by atoms with E-state index in [4.69, 9.17) is 35.0 Å². The number of aliphatic hydroxyl groups excluding tert-OH is 5. The molecular weight excluding hydrogens is 352 g/mol. The van der Waals surface area contributed by atoms with Gasteiger partial charge in [-0.05, 0) is 25.1 Å². The summed E-state index contributed by atoms with van der Waals surface area (Å²) >= 11 is 0. The zero-order valence-electron chi connectivity index (χ0n) is 14.3. The molecule has 0 saturated heterocycles. The standard InChI is InChI=1S/C10H12O4.C6H12O6/c1-3-14-10(12)7-4-5-8(11)9(6-7)13-2;7-1-3(9)5(11)6(12)4(10)2-8/h4-6,11H,3H2,1-2H3;1,3-6,8-12H,2H2/t;3-,4+,5+,6+/m.0/s1. The third-order valence-corrected chi connectivity index (χ3v) is 3.11. The zero-order valence-corrected chi connectivity index (χ0v) is 14.3. The SMILES string of the molecule is CCOC(=O)c1ccc(O)c(OC)c1.O=C[C@H](O)[C@@H](O)[C@H](O)[C@H](O)CO. The van der Waals surface area contributed by atoms with Gasteiger partial charge in [0, 0.05) is 0 Å². The number of rotatable bonds is 8. The Hall–Kier alpha value is -2.24. The van der Waals surface area contributed by atoms with E-state index >= 15 is 0 Å². The van der Waals surface area contributed by atoms with Crippen molar-refractivity contribution in [3.8, 4) is 11.5 Å². The van der Waals surface area contributed by atoms with Crippen LogP contribution in [0.5, 0.6) is 11.5 Å². The number of benzene rings is 1. The summed E-state index contributed by atoms with van der Waals surface area (Å²) in [5.41, 5.74) is 0.363. The first kappa shape index (κ1) is 23.8. The molecule has 0 amide bonds. The third kappa shape index (κ3) is 7.33.